The van der Waals surface area contributed by atoms with Crippen molar-refractivity contribution in [2.45, 2.75) is 24.9 Å². The van der Waals surface area contributed by atoms with Crippen LogP contribution in [-0.2, 0) is 4.79 Å². The molecule has 0 bridgehead atoms. The number of carbonyl (C=O) groups excluding carboxylic acids is 3. The van der Waals surface area contributed by atoms with Gasteiger partial charge in [-0.3, -0.25) is 14.4 Å². The number of Topliss-reactive ketones (excluding diaryl/α,β-unsaturated/α-hetero) is 3. The number of methoxy groups -OCH3 is 2. The van der Waals surface area contributed by atoms with Gasteiger partial charge in [-0.05, 0) is 48.9 Å². The molecule has 3 aromatic carbocycles. The molecule has 7 heteroatoms. The van der Waals surface area contributed by atoms with E-state index < -0.39 is 23.4 Å². The van der Waals surface area contributed by atoms with E-state index in [1.165, 1.54) is 14.0 Å². The van der Waals surface area contributed by atoms with Gasteiger partial charge < -0.3 is 14.4 Å². The second kappa shape index (κ2) is 8.32. The highest BCUT2D eigenvalue weighted by atomic mass is 35.5. The Kier molecular flexibility index (Phi) is 5.28. The molecule has 2 aliphatic heterocycles. The first-order chi connectivity index (χ1) is 17.8. The lowest BCUT2D eigenvalue weighted by Crippen LogP contribution is -2.48. The van der Waals surface area contributed by atoms with Crippen LogP contribution in [0, 0.1) is 5.41 Å². The second-order valence-electron chi connectivity index (χ2n) is 9.63. The first kappa shape index (κ1) is 23.5. The van der Waals surface area contributed by atoms with E-state index in [0.29, 0.717) is 33.2 Å². The highest BCUT2D eigenvalue weighted by Crippen LogP contribution is 2.62. The zero-order valence-corrected chi connectivity index (χ0v) is 21.3. The fourth-order valence-electron chi connectivity index (χ4n) is 6.53. The fraction of sp³-hybridized carbons (Fsp3) is 0.233. The van der Waals surface area contributed by atoms with Crippen molar-refractivity contribution in [3.8, 4) is 11.5 Å². The zero-order valence-electron chi connectivity index (χ0n) is 20.5. The number of ketones is 3. The number of rotatable bonds is 4. The van der Waals surface area contributed by atoms with Gasteiger partial charge in [0.05, 0.1) is 26.3 Å². The van der Waals surface area contributed by atoms with Gasteiger partial charge in [-0.25, -0.2) is 0 Å². The van der Waals surface area contributed by atoms with Gasteiger partial charge in [0, 0.05) is 33.3 Å². The summed E-state index contributed by atoms with van der Waals surface area (Å²) >= 11 is 6.29. The Morgan fingerprint density at radius 2 is 1.65 bits per heavy atom. The summed E-state index contributed by atoms with van der Waals surface area (Å²) in [6, 6.07) is 16.1. The monoisotopic (exact) mass is 513 g/mol. The quantitative estimate of drug-likeness (QED) is 0.436. The average Bonchev–Trinajstić information content (AvgIpc) is 3.34. The number of fused-ring (bicyclic) bond motifs is 5. The molecule has 0 aromatic heterocycles. The van der Waals surface area contributed by atoms with Gasteiger partial charge in [-0.2, -0.15) is 0 Å². The summed E-state index contributed by atoms with van der Waals surface area (Å²) in [5, 5.41) is 0.557. The molecule has 6 nitrogen and oxygen atoms in total. The Morgan fingerprint density at radius 3 is 2.27 bits per heavy atom. The molecule has 0 amide bonds. The standard InChI is InChI=1S/C30H24ClNO5/c1-16(33)27-26(22-15-19(36-2)10-12-24(22)37-3)30(28(34)20-6-4-5-7-21(20)29(30)35)25-13-8-17-14-18(31)9-11-23(17)32(25)27/h4-15,25-27H,1-3H3/t25-,26+,27+/m1/s1. The number of hydrogen-bond acceptors (Lipinski definition) is 6. The predicted octanol–water partition coefficient (Wildman–Crippen LogP) is 5.38. The third-order valence-corrected chi connectivity index (χ3v) is 8.19. The number of hydrogen-bond donors (Lipinski definition) is 0. The van der Waals surface area contributed by atoms with Gasteiger partial charge in [0.15, 0.2) is 17.3 Å². The SMILES string of the molecule is COc1ccc(OC)c([C@H]2[C@H](C(C)=O)N3c4ccc(Cl)cc4C=C[C@@H]3C23C(=O)c2ccccc2C3=O)c1. The molecule has 1 spiro atoms. The summed E-state index contributed by atoms with van der Waals surface area (Å²) in [6.45, 7) is 1.51. The van der Waals surface area contributed by atoms with E-state index in [0.717, 1.165) is 11.3 Å². The number of halogens is 1. The Bertz CT molecular complexity index is 1490. The number of carbonyl (C=O) groups is 3. The maximum Gasteiger partial charge on any atom is 0.180 e. The van der Waals surface area contributed by atoms with Crippen LogP contribution in [0.1, 0.15) is 44.7 Å². The lowest BCUT2D eigenvalue weighted by molar-refractivity contribution is -0.118. The second-order valence-corrected chi connectivity index (χ2v) is 10.1. The summed E-state index contributed by atoms with van der Waals surface area (Å²) in [5.74, 6) is -0.555. The molecule has 0 N–H and O–H groups in total. The number of nitrogens with zero attached hydrogens (tertiary/aromatic N) is 1. The minimum absolute atomic E-state index is 0.162. The highest BCUT2D eigenvalue weighted by molar-refractivity contribution is 6.32. The molecule has 3 aliphatic rings. The lowest BCUT2D eigenvalue weighted by atomic mass is 9.64. The van der Waals surface area contributed by atoms with Crippen LogP contribution >= 0.6 is 11.6 Å². The zero-order chi connectivity index (χ0) is 26.1. The first-order valence-corrected chi connectivity index (χ1v) is 12.4. The smallest absolute Gasteiger partial charge is 0.180 e. The van der Waals surface area contributed by atoms with E-state index in [-0.39, 0.29) is 17.3 Å². The van der Waals surface area contributed by atoms with E-state index in [4.69, 9.17) is 21.1 Å². The molecule has 6 rings (SSSR count). The first-order valence-electron chi connectivity index (χ1n) is 12.0. The van der Waals surface area contributed by atoms with Crippen molar-refractivity contribution in [3.63, 3.8) is 0 Å². The maximum atomic E-state index is 14.5. The van der Waals surface area contributed by atoms with E-state index in [1.54, 1.807) is 55.6 Å². The van der Waals surface area contributed by atoms with Crippen LogP contribution in [0.15, 0.2) is 66.7 Å². The fourth-order valence-corrected chi connectivity index (χ4v) is 6.71. The molecule has 1 saturated heterocycles. The van der Waals surface area contributed by atoms with Crippen LogP contribution in [0.2, 0.25) is 5.02 Å². The topological polar surface area (TPSA) is 72.9 Å². The largest absolute Gasteiger partial charge is 0.497 e. The van der Waals surface area contributed by atoms with Gasteiger partial charge in [-0.15, -0.1) is 0 Å². The number of ether oxygens (including phenoxy) is 2. The molecule has 1 aliphatic carbocycles. The molecular weight excluding hydrogens is 490 g/mol. The molecule has 37 heavy (non-hydrogen) atoms. The Morgan fingerprint density at radius 1 is 0.946 bits per heavy atom. The summed E-state index contributed by atoms with van der Waals surface area (Å²) in [6.07, 6.45) is 3.75. The number of anilines is 1. The van der Waals surface area contributed by atoms with E-state index in [2.05, 4.69) is 0 Å². The molecule has 3 aromatic rings. The third-order valence-electron chi connectivity index (χ3n) is 7.95. The van der Waals surface area contributed by atoms with Gasteiger partial charge in [0.1, 0.15) is 16.9 Å². The van der Waals surface area contributed by atoms with Crippen molar-refractivity contribution in [3.05, 3.63) is 94.0 Å². The molecule has 3 atom stereocenters. The molecule has 0 unspecified atom stereocenters. The summed E-state index contributed by atoms with van der Waals surface area (Å²) in [4.78, 5) is 44.4. The summed E-state index contributed by atoms with van der Waals surface area (Å²) < 4.78 is 11.2. The van der Waals surface area contributed by atoms with Crippen LogP contribution in [-0.4, -0.2) is 43.7 Å². The van der Waals surface area contributed by atoms with Crippen molar-refractivity contribution in [2.75, 3.05) is 19.1 Å². The van der Waals surface area contributed by atoms with Crippen LogP contribution in [0.25, 0.3) is 6.08 Å². The van der Waals surface area contributed by atoms with Crippen molar-refractivity contribution in [1.82, 2.24) is 0 Å². The van der Waals surface area contributed by atoms with E-state index in [9.17, 15) is 14.4 Å². The highest BCUT2D eigenvalue weighted by Gasteiger charge is 2.71. The molecule has 0 radical (unpaired) electrons. The van der Waals surface area contributed by atoms with Crippen molar-refractivity contribution in [1.29, 1.82) is 0 Å². The third kappa shape index (κ3) is 3.02. The van der Waals surface area contributed by atoms with Crippen molar-refractivity contribution >= 4 is 40.7 Å². The average molecular weight is 514 g/mol. The van der Waals surface area contributed by atoms with E-state index >= 15 is 0 Å². The Balaban J connectivity index is 1.71. The maximum absolute atomic E-state index is 14.5. The van der Waals surface area contributed by atoms with Crippen LogP contribution in [0.4, 0.5) is 5.69 Å². The van der Waals surface area contributed by atoms with Crippen molar-refractivity contribution in [2.24, 2.45) is 5.41 Å². The number of benzene rings is 3. The van der Waals surface area contributed by atoms with E-state index in [1.807, 2.05) is 29.2 Å². The Labute approximate surface area is 219 Å². The summed E-state index contributed by atoms with van der Waals surface area (Å²) in [7, 11) is 3.08. The lowest BCUT2D eigenvalue weighted by Gasteiger charge is -2.37. The van der Waals surface area contributed by atoms with Crippen molar-refractivity contribution < 1.29 is 23.9 Å². The molecule has 186 valence electrons. The molecule has 2 heterocycles. The van der Waals surface area contributed by atoms with Gasteiger partial charge in [-0.1, -0.05) is 48.0 Å². The predicted molar refractivity (Wildman–Crippen MR) is 141 cm³/mol. The normalized spacial score (nSPS) is 22.6. The minimum atomic E-state index is -1.58. The van der Waals surface area contributed by atoms with Crippen LogP contribution in [0.5, 0.6) is 11.5 Å². The van der Waals surface area contributed by atoms with Crippen LogP contribution < -0.4 is 14.4 Å². The molecular formula is C30H24ClNO5. The van der Waals surface area contributed by atoms with Gasteiger partial charge in [0.2, 0.25) is 0 Å². The Hall–Kier alpha value is -3.90. The molecule has 0 saturated carbocycles. The minimum Gasteiger partial charge on any atom is -0.497 e. The van der Waals surface area contributed by atoms with Gasteiger partial charge >= 0.3 is 0 Å². The van der Waals surface area contributed by atoms with Gasteiger partial charge in [0.25, 0.3) is 0 Å². The van der Waals surface area contributed by atoms with Crippen LogP contribution in [0.3, 0.4) is 0 Å². The molecule has 1 fully saturated rings. The summed E-state index contributed by atoms with van der Waals surface area (Å²) in [5.41, 5.74) is 1.32.